The van der Waals surface area contributed by atoms with E-state index < -0.39 is 41.6 Å². The minimum atomic E-state index is -5.04. The molecule has 0 spiro atoms. The number of alkyl halides is 6. The molecule has 1 aliphatic heterocycles. The van der Waals surface area contributed by atoms with Gasteiger partial charge < -0.3 is 9.94 Å². The third-order valence-corrected chi connectivity index (χ3v) is 5.81. The highest BCUT2D eigenvalue weighted by Gasteiger charge is 2.62. The van der Waals surface area contributed by atoms with Gasteiger partial charge in [0.15, 0.2) is 0 Å². The van der Waals surface area contributed by atoms with Gasteiger partial charge in [-0.1, -0.05) is 48.5 Å². The number of hydrogen-bond acceptors (Lipinski definition) is 3. The van der Waals surface area contributed by atoms with Gasteiger partial charge in [-0.25, -0.2) is 0 Å². The summed E-state index contributed by atoms with van der Waals surface area (Å²) in [5.41, 5.74) is -4.20. The monoisotopic (exact) mass is 467 g/mol. The molecule has 33 heavy (non-hydrogen) atoms. The lowest BCUT2D eigenvalue weighted by molar-refractivity contribution is -0.276. The van der Waals surface area contributed by atoms with E-state index in [0.717, 1.165) is 12.1 Å². The maximum absolute atomic E-state index is 14.3. The van der Waals surface area contributed by atoms with E-state index in [9.17, 15) is 31.4 Å². The van der Waals surface area contributed by atoms with Gasteiger partial charge in [-0.05, 0) is 47.0 Å². The number of hydrogen-bond donors (Lipinski definition) is 1. The van der Waals surface area contributed by atoms with Crippen LogP contribution in [-0.4, -0.2) is 17.0 Å². The quantitative estimate of drug-likeness (QED) is 0.425. The van der Waals surface area contributed by atoms with Crippen molar-refractivity contribution in [2.75, 3.05) is 0 Å². The predicted octanol–water partition coefficient (Wildman–Crippen LogP) is 6.88. The van der Waals surface area contributed by atoms with Crippen molar-refractivity contribution < 1.29 is 36.3 Å². The van der Waals surface area contributed by atoms with E-state index in [4.69, 9.17) is 4.84 Å². The lowest BCUT2D eigenvalue weighted by Gasteiger charge is -2.30. The van der Waals surface area contributed by atoms with Gasteiger partial charge in [-0.15, -0.1) is 0 Å². The molecular weight excluding hydrogens is 448 g/mol. The maximum atomic E-state index is 14.3. The second-order valence-corrected chi connectivity index (χ2v) is 7.92. The zero-order valence-electron chi connectivity index (χ0n) is 17.3. The minimum absolute atomic E-state index is 0.0638. The van der Waals surface area contributed by atoms with Crippen molar-refractivity contribution in [2.24, 2.45) is 5.16 Å². The lowest BCUT2D eigenvalue weighted by atomic mass is 9.84. The molecule has 174 valence electrons. The molecule has 4 rings (SSSR count). The Kier molecular flexibility index (Phi) is 5.64. The van der Waals surface area contributed by atoms with Crippen LogP contribution in [0.4, 0.5) is 26.3 Å². The zero-order chi connectivity index (χ0) is 24.0. The number of nitrogens with zero attached hydrogens (tertiary/aromatic N) is 1. The van der Waals surface area contributed by atoms with E-state index >= 15 is 0 Å². The molecule has 3 aromatic carbocycles. The minimum Gasteiger partial charge on any atom is -0.388 e. The fourth-order valence-electron chi connectivity index (χ4n) is 4.00. The molecule has 1 aliphatic rings. The largest absolute Gasteiger partial charge is 0.435 e. The van der Waals surface area contributed by atoms with Gasteiger partial charge in [0, 0.05) is 17.5 Å². The first kappa shape index (κ1) is 23.1. The van der Waals surface area contributed by atoms with E-state index in [1.807, 2.05) is 0 Å². The van der Waals surface area contributed by atoms with Gasteiger partial charge in [-0.2, -0.15) is 26.3 Å². The van der Waals surface area contributed by atoms with E-state index in [1.165, 1.54) is 0 Å². The summed E-state index contributed by atoms with van der Waals surface area (Å²) in [5, 5.41) is 15.3. The molecule has 0 amide bonds. The van der Waals surface area contributed by atoms with Crippen molar-refractivity contribution in [1.82, 2.24) is 0 Å². The van der Waals surface area contributed by atoms with Gasteiger partial charge in [-0.3, -0.25) is 0 Å². The number of benzene rings is 3. The van der Waals surface area contributed by atoms with Crippen LogP contribution in [0.15, 0.2) is 65.8 Å². The normalized spacial score (nSPS) is 19.9. The fraction of sp³-hybridized carbons (Fsp3) is 0.292. The molecule has 0 bridgehead atoms. The Morgan fingerprint density at radius 3 is 2.39 bits per heavy atom. The van der Waals surface area contributed by atoms with Crippen LogP contribution in [-0.2, 0) is 16.6 Å². The molecule has 0 aromatic heterocycles. The summed E-state index contributed by atoms with van der Waals surface area (Å²) < 4.78 is 82.3. The van der Waals surface area contributed by atoms with Crippen molar-refractivity contribution in [2.45, 2.75) is 43.8 Å². The van der Waals surface area contributed by atoms with Crippen LogP contribution < -0.4 is 0 Å². The molecule has 9 heteroatoms. The first-order chi connectivity index (χ1) is 15.5. The smallest absolute Gasteiger partial charge is 0.388 e. The van der Waals surface area contributed by atoms with E-state index in [2.05, 4.69) is 5.16 Å². The standard InChI is InChI=1S/C24H19F6NO2/c1-2-21(32)15-10-14-6-3-4-9-18(14)19(11-15)20-13-22(33-31-20,24(28,29)30)16-7-5-8-17(12-16)23(25,26)27/h3-12,21,32H,2,13H2,1H3. The van der Waals surface area contributed by atoms with Crippen molar-refractivity contribution in [3.05, 3.63) is 82.9 Å². The Bertz CT molecular complexity index is 1220. The number of rotatable bonds is 4. The first-order valence-electron chi connectivity index (χ1n) is 10.2. The van der Waals surface area contributed by atoms with Crippen molar-refractivity contribution in [1.29, 1.82) is 0 Å². The first-order valence-corrected chi connectivity index (χ1v) is 10.2. The summed E-state index contributed by atoms with van der Waals surface area (Å²) >= 11 is 0. The van der Waals surface area contributed by atoms with Crippen molar-refractivity contribution in [3.63, 3.8) is 0 Å². The van der Waals surface area contributed by atoms with Gasteiger partial charge >= 0.3 is 12.4 Å². The van der Waals surface area contributed by atoms with Gasteiger partial charge in [0.25, 0.3) is 5.60 Å². The van der Waals surface area contributed by atoms with Gasteiger partial charge in [0.05, 0.1) is 17.4 Å². The number of fused-ring (bicyclic) bond motifs is 1. The molecule has 1 heterocycles. The highest BCUT2D eigenvalue weighted by molar-refractivity contribution is 6.12. The summed E-state index contributed by atoms with van der Waals surface area (Å²) in [7, 11) is 0. The molecule has 3 aromatic rings. The summed E-state index contributed by atoms with van der Waals surface area (Å²) in [6.45, 7) is 1.76. The summed E-state index contributed by atoms with van der Waals surface area (Å²) in [6.07, 6.45) is -11.1. The third-order valence-electron chi connectivity index (χ3n) is 5.81. The molecule has 0 saturated carbocycles. The Morgan fingerprint density at radius 2 is 1.73 bits per heavy atom. The van der Waals surface area contributed by atoms with E-state index in [1.54, 1.807) is 43.3 Å². The number of oxime groups is 1. The molecule has 0 aliphatic carbocycles. The molecule has 0 radical (unpaired) electrons. The third kappa shape index (κ3) is 4.06. The average Bonchev–Trinajstić information content (AvgIpc) is 3.24. The van der Waals surface area contributed by atoms with Crippen LogP contribution in [0, 0.1) is 0 Å². The number of halogens is 6. The highest BCUT2D eigenvalue weighted by atomic mass is 19.4. The van der Waals surface area contributed by atoms with Crippen LogP contribution in [0.25, 0.3) is 10.8 Å². The van der Waals surface area contributed by atoms with Gasteiger partial charge in [0.2, 0.25) is 0 Å². The van der Waals surface area contributed by atoms with Crippen LogP contribution in [0.5, 0.6) is 0 Å². The Balaban J connectivity index is 1.83. The lowest BCUT2D eigenvalue weighted by Crippen LogP contribution is -2.42. The highest BCUT2D eigenvalue weighted by Crippen LogP contribution is 2.50. The van der Waals surface area contributed by atoms with Crippen LogP contribution >= 0.6 is 0 Å². The molecule has 0 saturated heterocycles. The Hall–Kier alpha value is -3.07. The molecule has 1 N–H and O–H groups in total. The average molecular weight is 467 g/mol. The van der Waals surface area contributed by atoms with Crippen molar-refractivity contribution >= 4 is 16.5 Å². The van der Waals surface area contributed by atoms with Crippen molar-refractivity contribution in [3.8, 4) is 0 Å². The van der Waals surface area contributed by atoms with Crippen LogP contribution in [0.2, 0.25) is 0 Å². The SMILES string of the molecule is CCC(O)c1cc(C2=NOC(c3cccc(C(F)(F)F)c3)(C(F)(F)F)C2)c2ccccc2c1. The summed E-state index contributed by atoms with van der Waals surface area (Å²) in [6, 6.07) is 13.2. The second kappa shape index (κ2) is 8.06. The van der Waals surface area contributed by atoms with Crippen LogP contribution in [0.3, 0.4) is 0 Å². The number of aliphatic hydroxyl groups is 1. The molecule has 3 nitrogen and oxygen atoms in total. The van der Waals surface area contributed by atoms with E-state index in [-0.39, 0.29) is 5.71 Å². The Morgan fingerprint density at radius 1 is 1.00 bits per heavy atom. The molecule has 2 unspecified atom stereocenters. The summed E-state index contributed by atoms with van der Waals surface area (Å²) in [4.78, 5) is 4.93. The van der Waals surface area contributed by atoms with Gasteiger partial charge in [0.1, 0.15) is 0 Å². The van der Waals surface area contributed by atoms with E-state index in [0.29, 0.717) is 40.5 Å². The second-order valence-electron chi connectivity index (χ2n) is 7.92. The Labute approximate surface area is 185 Å². The fourth-order valence-corrected chi connectivity index (χ4v) is 4.00. The molecular formula is C24H19F6NO2. The maximum Gasteiger partial charge on any atom is 0.435 e. The molecule has 0 fully saturated rings. The topological polar surface area (TPSA) is 41.8 Å². The predicted molar refractivity (Wildman–Crippen MR) is 111 cm³/mol. The number of aliphatic hydroxyl groups excluding tert-OH is 1. The van der Waals surface area contributed by atoms with Crippen LogP contribution in [0.1, 0.15) is 48.1 Å². The summed E-state index contributed by atoms with van der Waals surface area (Å²) in [5.74, 6) is 0. The zero-order valence-corrected chi connectivity index (χ0v) is 17.3. The molecule has 2 atom stereocenters.